The third kappa shape index (κ3) is 3.83. The topological polar surface area (TPSA) is 47.6 Å². The largest absolute Gasteiger partial charge is 0.486 e. The van der Waals surface area contributed by atoms with Gasteiger partial charge in [-0.1, -0.05) is 30.3 Å². The van der Waals surface area contributed by atoms with E-state index in [1.165, 1.54) is 5.56 Å². The quantitative estimate of drug-likeness (QED) is 0.943. The first-order chi connectivity index (χ1) is 11.0. The van der Waals surface area contributed by atoms with Gasteiger partial charge in [0.25, 0.3) is 5.91 Å². The zero-order valence-corrected chi connectivity index (χ0v) is 13.5. The van der Waals surface area contributed by atoms with Crippen LogP contribution in [0, 0.1) is 0 Å². The number of carbonyl (C=O) groups is 1. The molecule has 3 rings (SSSR count). The van der Waals surface area contributed by atoms with Crippen LogP contribution in [0.4, 0.5) is 0 Å². The van der Waals surface area contributed by atoms with E-state index in [2.05, 4.69) is 17.4 Å². The molecule has 1 aliphatic rings. The maximum atomic E-state index is 12.5. The molecule has 0 aromatic heterocycles. The Hall–Kier alpha value is -2.49. The highest BCUT2D eigenvalue weighted by Crippen LogP contribution is 2.30. The minimum Gasteiger partial charge on any atom is -0.486 e. The molecule has 0 radical (unpaired) electrons. The molecule has 1 heterocycles. The molecule has 1 aliphatic heterocycles. The molecule has 0 saturated carbocycles. The number of hydrogen-bond acceptors (Lipinski definition) is 3. The van der Waals surface area contributed by atoms with Crippen LogP contribution >= 0.6 is 0 Å². The lowest BCUT2D eigenvalue weighted by Crippen LogP contribution is -2.45. The highest BCUT2D eigenvalue weighted by Gasteiger charge is 2.23. The van der Waals surface area contributed by atoms with Crippen molar-refractivity contribution in [3.05, 3.63) is 59.7 Å². The van der Waals surface area contributed by atoms with Gasteiger partial charge in [0.1, 0.15) is 13.2 Å². The van der Waals surface area contributed by atoms with Crippen LogP contribution in [-0.4, -0.2) is 24.7 Å². The molecule has 0 fully saturated rings. The molecular formula is C19H21NO3. The molecule has 4 heteroatoms. The third-order valence-corrected chi connectivity index (χ3v) is 3.75. The van der Waals surface area contributed by atoms with E-state index in [4.69, 9.17) is 9.47 Å². The molecule has 4 nitrogen and oxygen atoms in total. The summed E-state index contributed by atoms with van der Waals surface area (Å²) in [7, 11) is 0. The summed E-state index contributed by atoms with van der Waals surface area (Å²) < 4.78 is 11.0. The van der Waals surface area contributed by atoms with Gasteiger partial charge in [-0.2, -0.15) is 0 Å². The van der Waals surface area contributed by atoms with Crippen LogP contribution in [0.15, 0.2) is 48.5 Å². The van der Waals surface area contributed by atoms with Crippen LogP contribution in [-0.2, 0) is 6.42 Å². The third-order valence-electron chi connectivity index (χ3n) is 3.75. The monoisotopic (exact) mass is 311 g/mol. The van der Waals surface area contributed by atoms with Gasteiger partial charge in [0, 0.05) is 11.1 Å². The molecule has 0 bridgehead atoms. The van der Waals surface area contributed by atoms with Gasteiger partial charge < -0.3 is 14.8 Å². The van der Waals surface area contributed by atoms with Crippen LogP contribution in [0.25, 0.3) is 0 Å². The smallest absolute Gasteiger partial charge is 0.251 e. The van der Waals surface area contributed by atoms with Crippen LogP contribution in [0.2, 0.25) is 0 Å². The molecular weight excluding hydrogens is 290 g/mol. The highest BCUT2D eigenvalue weighted by atomic mass is 16.6. The van der Waals surface area contributed by atoms with E-state index >= 15 is 0 Å². The van der Waals surface area contributed by atoms with E-state index in [1.807, 2.05) is 32.0 Å². The summed E-state index contributed by atoms with van der Waals surface area (Å²) in [6.07, 6.45) is 0.768. The molecule has 0 aliphatic carbocycles. The Morgan fingerprint density at radius 1 is 1.04 bits per heavy atom. The molecule has 0 saturated heterocycles. The van der Waals surface area contributed by atoms with E-state index in [0.717, 1.165) is 6.42 Å². The van der Waals surface area contributed by atoms with Gasteiger partial charge >= 0.3 is 0 Å². The molecule has 1 amide bonds. The highest BCUT2D eigenvalue weighted by molar-refractivity contribution is 5.95. The Bertz CT molecular complexity index is 695. The van der Waals surface area contributed by atoms with E-state index < -0.39 is 0 Å². The maximum Gasteiger partial charge on any atom is 0.251 e. The first-order valence-electron chi connectivity index (χ1n) is 7.80. The minimum atomic E-state index is -0.342. The maximum absolute atomic E-state index is 12.5. The molecule has 1 N–H and O–H groups in total. The van der Waals surface area contributed by atoms with Gasteiger partial charge in [0.05, 0.1) is 0 Å². The van der Waals surface area contributed by atoms with E-state index in [1.54, 1.807) is 18.2 Å². The fourth-order valence-corrected chi connectivity index (χ4v) is 2.71. The summed E-state index contributed by atoms with van der Waals surface area (Å²) in [5.41, 5.74) is 1.43. The Balaban J connectivity index is 1.70. The van der Waals surface area contributed by atoms with Gasteiger partial charge in [-0.3, -0.25) is 4.79 Å². The van der Waals surface area contributed by atoms with Crippen molar-refractivity contribution in [2.75, 3.05) is 13.2 Å². The normalized spacial score (nSPS) is 13.5. The number of nitrogens with one attached hydrogen (secondary N) is 1. The number of fused-ring (bicyclic) bond motifs is 1. The van der Waals surface area contributed by atoms with Gasteiger partial charge in [-0.25, -0.2) is 0 Å². The molecule has 0 unspecified atom stereocenters. The van der Waals surface area contributed by atoms with Crippen LogP contribution in [0.5, 0.6) is 11.5 Å². The van der Waals surface area contributed by atoms with Crippen molar-refractivity contribution in [2.45, 2.75) is 25.8 Å². The second kappa shape index (κ2) is 6.32. The minimum absolute atomic E-state index is 0.108. The SMILES string of the molecule is CC(C)(Cc1ccccc1)NC(=O)c1ccc2c(c1)OCCO2. The molecule has 0 atom stereocenters. The number of ether oxygens (including phenoxy) is 2. The number of benzene rings is 2. The average Bonchev–Trinajstić information content (AvgIpc) is 2.54. The molecule has 0 spiro atoms. The van der Waals surface area contributed by atoms with Crippen molar-refractivity contribution in [3.63, 3.8) is 0 Å². The number of carbonyl (C=O) groups excluding carboxylic acids is 1. The van der Waals surface area contributed by atoms with Crippen molar-refractivity contribution < 1.29 is 14.3 Å². The van der Waals surface area contributed by atoms with Crippen molar-refractivity contribution >= 4 is 5.91 Å². The zero-order chi connectivity index (χ0) is 16.3. The van der Waals surface area contributed by atoms with E-state index in [9.17, 15) is 4.79 Å². The van der Waals surface area contributed by atoms with Gasteiger partial charge in [0.15, 0.2) is 11.5 Å². The predicted molar refractivity (Wildman–Crippen MR) is 89.1 cm³/mol. The van der Waals surface area contributed by atoms with Crippen LogP contribution in [0.3, 0.4) is 0 Å². The summed E-state index contributed by atoms with van der Waals surface area (Å²) in [4.78, 5) is 12.5. The van der Waals surface area contributed by atoms with E-state index in [-0.39, 0.29) is 11.4 Å². The fourth-order valence-electron chi connectivity index (χ4n) is 2.71. The van der Waals surface area contributed by atoms with Gasteiger partial charge in [-0.05, 0) is 44.0 Å². The lowest BCUT2D eigenvalue weighted by molar-refractivity contribution is 0.0912. The first-order valence-corrected chi connectivity index (χ1v) is 7.80. The van der Waals surface area contributed by atoms with Crippen molar-refractivity contribution in [1.29, 1.82) is 0 Å². The van der Waals surface area contributed by atoms with Gasteiger partial charge in [-0.15, -0.1) is 0 Å². The predicted octanol–water partition coefficient (Wildman–Crippen LogP) is 3.21. The summed E-state index contributed by atoms with van der Waals surface area (Å²) in [6.45, 7) is 5.10. The lowest BCUT2D eigenvalue weighted by atomic mass is 9.94. The second-order valence-electron chi connectivity index (χ2n) is 6.36. The van der Waals surface area contributed by atoms with Gasteiger partial charge in [0.2, 0.25) is 0 Å². The average molecular weight is 311 g/mol. The Morgan fingerprint density at radius 3 is 2.48 bits per heavy atom. The Morgan fingerprint density at radius 2 is 1.74 bits per heavy atom. The number of amides is 1. The van der Waals surface area contributed by atoms with Crippen molar-refractivity contribution in [1.82, 2.24) is 5.32 Å². The molecule has 120 valence electrons. The van der Waals surface area contributed by atoms with Crippen LogP contribution in [0.1, 0.15) is 29.8 Å². The molecule has 23 heavy (non-hydrogen) atoms. The summed E-state index contributed by atoms with van der Waals surface area (Å²) >= 11 is 0. The summed E-state index contributed by atoms with van der Waals surface area (Å²) in [6, 6.07) is 15.4. The molecule has 2 aromatic carbocycles. The summed E-state index contributed by atoms with van der Waals surface area (Å²) in [5.74, 6) is 1.21. The Kier molecular flexibility index (Phi) is 4.24. The zero-order valence-electron chi connectivity index (χ0n) is 13.5. The van der Waals surface area contributed by atoms with Crippen LogP contribution < -0.4 is 14.8 Å². The molecule has 2 aromatic rings. The van der Waals surface area contributed by atoms with E-state index in [0.29, 0.717) is 30.3 Å². The standard InChI is InChI=1S/C19H21NO3/c1-19(2,13-14-6-4-3-5-7-14)20-18(21)15-8-9-16-17(12-15)23-11-10-22-16/h3-9,12H,10-11,13H2,1-2H3,(H,20,21). The Labute approximate surface area is 136 Å². The van der Waals surface area contributed by atoms with Crippen molar-refractivity contribution in [3.8, 4) is 11.5 Å². The number of rotatable bonds is 4. The lowest BCUT2D eigenvalue weighted by Gasteiger charge is -2.27. The first kappa shape index (κ1) is 15.4. The number of hydrogen-bond donors (Lipinski definition) is 1. The second-order valence-corrected chi connectivity index (χ2v) is 6.36. The fraction of sp³-hybridized carbons (Fsp3) is 0.316. The van der Waals surface area contributed by atoms with Crippen molar-refractivity contribution in [2.24, 2.45) is 0 Å². The summed E-state index contributed by atoms with van der Waals surface area (Å²) in [5, 5.41) is 3.09.